The summed E-state index contributed by atoms with van der Waals surface area (Å²) in [6, 6.07) is 13.4. The molecule has 1 aliphatic heterocycles. The Hall–Kier alpha value is -3.74. The molecule has 0 bridgehead atoms. The van der Waals surface area contributed by atoms with Crippen LogP contribution in [0, 0.1) is 5.92 Å². The van der Waals surface area contributed by atoms with E-state index >= 15 is 0 Å². The summed E-state index contributed by atoms with van der Waals surface area (Å²) in [6.07, 6.45) is 0.673. The maximum atomic E-state index is 13.8. The SMILES string of the molecule is C=C1NC2=C(C(=O)CC(c3ccc(OC)cc3)C2)C(c2ccc(OCC)c(OC)c2)C1C(=O)OC(C)C. The molecule has 0 spiro atoms. The van der Waals surface area contributed by atoms with Crippen LogP contribution in [0.25, 0.3) is 0 Å². The maximum absolute atomic E-state index is 13.8. The van der Waals surface area contributed by atoms with E-state index in [4.69, 9.17) is 18.9 Å². The zero-order valence-electron chi connectivity index (χ0n) is 22.1. The van der Waals surface area contributed by atoms with Crippen LogP contribution in [0.15, 0.2) is 66.0 Å². The number of methoxy groups -OCH3 is 2. The van der Waals surface area contributed by atoms with Crippen LogP contribution >= 0.6 is 0 Å². The lowest BCUT2D eigenvalue weighted by Gasteiger charge is -2.40. The molecule has 4 rings (SSSR count). The van der Waals surface area contributed by atoms with E-state index in [1.165, 1.54) is 0 Å². The molecule has 0 fully saturated rings. The van der Waals surface area contributed by atoms with Crippen molar-refractivity contribution in [1.82, 2.24) is 5.32 Å². The molecule has 2 aliphatic rings. The molecule has 0 amide bonds. The third-order valence-electron chi connectivity index (χ3n) is 6.88. The number of hydrogen-bond acceptors (Lipinski definition) is 7. The molecular formula is C30H35NO6. The largest absolute Gasteiger partial charge is 0.497 e. The lowest BCUT2D eigenvalue weighted by Crippen LogP contribution is -2.42. The summed E-state index contributed by atoms with van der Waals surface area (Å²) in [5.74, 6) is 0.198. The number of rotatable bonds is 8. The highest BCUT2D eigenvalue weighted by atomic mass is 16.5. The van der Waals surface area contributed by atoms with Crippen molar-refractivity contribution in [2.75, 3.05) is 20.8 Å². The predicted octanol–water partition coefficient (Wildman–Crippen LogP) is 5.27. The molecular weight excluding hydrogens is 470 g/mol. The number of nitrogens with one attached hydrogen (secondary N) is 1. The van der Waals surface area contributed by atoms with Crippen molar-refractivity contribution in [3.63, 3.8) is 0 Å². The van der Waals surface area contributed by atoms with Gasteiger partial charge in [0.2, 0.25) is 0 Å². The Kier molecular flexibility index (Phi) is 7.91. The first-order chi connectivity index (χ1) is 17.8. The fourth-order valence-corrected chi connectivity index (χ4v) is 5.26. The number of benzene rings is 2. The summed E-state index contributed by atoms with van der Waals surface area (Å²) in [6.45, 7) is 10.2. The summed E-state index contributed by atoms with van der Waals surface area (Å²) in [5.41, 5.74) is 3.76. The van der Waals surface area contributed by atoms with Crippen LogP contribution in [-0.4, -0.2) is 38.7 Å². The van der Waals surface area contributed by atoms with Gasteiger partial charge in [-0.25, -0.2) is 0 Å². The van der Waals surface area contributed by atoms with Crippen molar-refractivity contribution < 1.29 is 28.5 Å². The van der Waals surface area contributed by atoms with E-state index in [1.54, 1.807) is 14.2 Å². The first-order valence-electron chi connectivity index (χ1n) is 12.6. The standard InChI is InChI=1S/C30H35NO6/c1-7-36-25-13-10-20(16-26(25)35-6)28-27(30(33)37-17(2)3)18(4)31-23-14-21(15-24(32)29(23)28)19-8-11-22(34-5)12-9-19/h8-13,16-17,21,27-28,31H,4,7,14-15H2,1-3,5-6H3. The van der Waals surface area contributed by atoms with Crippen molar-refractivity contribution >= 4 is 11.8 Å². The Labute approximate surface area is 218 Å². The fraction of sp³-hybridized carbons (Fsp3) is 0.400. The molecule has 3 unspecified atom stereocenters. The van der Waals surface area contributed by atoms with Crippen LogP contribution in [0.4, 0.5) is 0 Å². The smallest absolute Gasteiger partial charge is 0.316 e. The van der Waals surface area contributed by atoms with Gasteiger partial charge < -0.3 is 24.3 Å². The summed E-state index contributed by atoms with van der Waals surface area (Å²) in [4.78, 5) is 27.1. The number of carbonyl (C=O) groups is 2. The van der Waals surface area contributed by atoms with Crippen LogP contribution in [0.5, 0.6) is 17.2 Å². The van der Waals surface area contributed by atoms with Gasteiger partial charge in [0.05, 0.1) is 26.9 Å². The topological polar surface area (TPSA) is 83.1 Å². The minimum atomic E-state index is -0.759. The number of Topliss-reactive ketones (excluding diaryl/α,β-unsaturated/α-hetero) is 1. The molecule has 7 heteroatoms. The normalized spacial score (nSPS) is 21.3. The van der Waals surface area contributed by atoms with Crippen LogP contribution in [0.1, 0.15) is 56.6 Å². The number of allylic oxidation sites excluding steroid dienone is 2. The van der Waals surface area contributed by atoms with E-state index < -0.39 is 17.8 Å². The highest BCUT2D eigenvalue weighted by molar-refractivity contribution is 6.01. The zero-order chi connectivity index (χ0) is 26.7. The van der Waals surface area contributed by atoms with E-state index in [0.29, 0.717) is 42.2 Å². The van der Waals surface area contributed by atoms with E-state index in [1.807, 2.05) is 63.2 Å². The second-order valence-electron chi connectivity index (χ2n) is 9.63. The van der Waals surface area contributed by atoms with Crippen molar-refractivity contribution in [2.45, 2.75) is 51.6 Å². The molecule has 2 aromatic carbocycles. The highest BCUT2D eigenvalue weighted by Crippen LogP contribution is 2.48. The minimum absolute atomic E-state index is 0.00210. The number of carbonyl (C=O) groups excluding carboxylic acids is 2. The molecule has 7 nitrogen and oxygen atoms in total. The fourth-order valence-electron chi connectivity index (χ4n) is 5.26. The van der Waals surface area contributed by atoms with Gasteiger partial charge in [-0.15, -0.1) is 0 Å². The average Bonchev–Trinajstić information content (AvgIpc) is 2.87. The van der Waals surface area contributed by atoms with E-state index in [2.05, 4.69) is 11.9 Å². The summed E-state index contributed by atoms with van der Waals surface area (Å²) in [5, 5.41) is 3.32. The Bertz CT molecular complexity index is 1210. The van der Waals surface area contributed by atoms with Gasteiger partial charge in [0.15, 0.2) is 17.3 Å². The Morgan fingerprint density at radius 2 is 1.73 bits per heavy atom. The Balaban J connectivity index is 1.79. The molecule has 0 saturated heterocycles. The molecule has 37 heavy (non-hydrogen) atoms. The van der Waals surface area contributed by atoms with Gasteiger partial charge in [-0.1, -0.05) is 24.8 Å². The first-order valence-corrected chi connectivity index (χ1v) is 12.6. The van der Waals surface area contributed by atoms with Crippen molar-refractivity contribution in [3.05, 3.63) is 77.1 Å². The molecule has 0 aromatic heterocycles. The monoisotopic (exact) mass is 505 g/mol. The number of hydrogen-bond donors (Lipinski definition) is 1. The number of ketones is 1. The molecule has 2 aromatic rings. The Morgan fingerprint density at radius 3 is 2.35 bits per heavy atom. The van der Waals surface area contributed by atoms with Gasteiger partial charge in [-0.2, -0.15) is 0 Å². The summed E-state index contributed by atoms with van der Waals surface area (Å²) >= 11 is 0. The number of esters is 1. The highest BCUT2D eigenvalue weighted by Gasteiger charge is 2.45. The quantitative estimate of drug-likeness (QED) is 0.489. The molecule has 0 radical (unpaired) electrons. The summed E-state index contributed by atoms with van der Waals surface area (Å²) in [7, 11) is 3.20. The molecule has 3 atom stereocenters. The average molecular weight is 506 g/mol. The molecule has 0 saturated carbocycles. The second kappa shape index (κ2) is 11.1. The van der Waals surface area contributed by atoms with Crippen LogP contribution in [0.3, 0.4) is 0 Å². The van der Waals surface area contributed by atoms with Gasteiger partial charge >= 0.3 is 5.97 Å². The van der Waals surface area contributed by atoms with E-state index in [9.17, 15) is 9.59 Å². The lowest BCUT2D eigenvalue weighted by molar-refractivity contribution is -0.151. The van der Waals surface area contributed by atoms with Crippen LogP contribution < -0.4 is 19.5 Å². The van der Waals surface area contributed by atoms with Gasteiger partial charge in [0.1, 0.15) is 11.7 Å². The Morgan fingerprint density at radius 1 is 1.03 bits per heavy atom. The molecule has 1 heterocycles. The predicted molar refractivity (Wildman–Crippen MR) is 141 cm³/mol. The van der Waals surface area contributed by atoms with Gasteiger partial charge in [0, 0.05) is 29.3 Å². The minimum Gasteiger partial charge on any atom is -0.497 e. The van der Waals surface area contributed by atoms with E-state index in [0.717, 1.165) is 22.6 Å². The third kappa shape index (κ3) is 5.36. The number of ether oxygens (including phenoxy) is 4. The second-order valence-corrected chi connectivity index (χ2v) is 9.63. The van der Waals surface area contributed by atoms with Gasteiger partial charge in [0.25, 0.3) is 0 Å². The van der Waals surface area contributed by atoms with Gasteiger partial charge in [-0.05, 0) is 68.5 Å². The van der Waals surface area contributed by atoms with Crippen molar-refractivity contribution in [2.24, 2.45) is 5.92 Å². The summed E-state index contributed by atoms with van der Waals surface area (Å²) < 4.78 is 22.2. The van der Waals surface area contributed by atoms with Gasteiger partial charge in [-0.3, -0.25) is 9.59 Å². The van der Waals surface area contributed by atoms with Crippen LogP contribution in [0.2, 0.25) is 0 Å². The first kappa shape index (κ1) is 26.3. The lowest BCUT2D eigenvalue weighted by atomic mass is 9.69. The molecule has 1 N–H and O–H groups in total. The van der Waals surface area contributed by atoms with Crippen molar-refractivity contribution in [1.29, 1.82) is 0 Å². The van der Waals surface area contributed by atoms with Crippen LogP contribution in [-0.2, 0) is 14.3 Å². The zero-order valence-corrected chi connectivity index (χ0v) is 22.1. The third-order valence-corrected chi connectivity index (χ3v) is 6.88. The molecule has 196 valence electrons. The van der Waals surface area contributed by atoms with E-state index in [-0.39, 0.29) is 17.8 Å². The molecule has 1 aliphatic carbocycles. The maximum Gasteiger partial charge on any atom is 0.316 e. The van der Waals surface area contributed by atoms with Crippen molar-refractivity contribution in [3.8, 4) is 17.2 Å².